The Labute approximate surface area is 131 Å². The van der Waals surface area contributed by atoms with E-state index >= 15 is 0 Å². The third-order valence-electron chi connectivity index (χ3n) is 3.44. The molecule has 1 atom stereocenters. The van der Waals surface area contributed by atoms with Crippen LogP contribution in [0.2, 0.25) is 0 Å². The van der Waals surface area contributed by atoms with Crippen LogP contribution in [0.25, 0.3) is 11.1 Å². The van der Waals surface area contributed by atoms with Crippen molar-refractivity contribution in [1.29, 1.82) is 0 Å². The van der Waals surface area contributed by atoms with Gasteiger partial charge in [0, 0.05) is 6.04 Å². The van der Waals surface area contributed by atoms with Crippen molar-refractivity contribution < 1.29 is 9.90 Å². The molecule has 112 valence electrons. The third-order valence-corrected chi connectivity index (χ3v) is 3.44. The Morgan fingerprint density at radius 2 is 1.76 bits per heavy atom. The van der Waals surface area contributed by atoms with Gasteiger partial charge in [0.25, 0.3) is 0 Å². The highest BCUT2D eigenvalue weighted by Gasteiger charge is 2.10. The lowest BCUT2D eigenvalue weighted by Gasteiger charge is -2.10. The van der Waals surface area contributed by atoms with Crippen molar-refractivity contribution >= 4 is 18.4 Å². The van der Waals surface area contributed by atoms with E-state index in [0.717, 1.165) is 24.0 Å². The maximum atomic E-state index is 11.2. The molecule has 3 N–H and O–H groups in total. The van der Waals surface area contributed by atoms with Crippen LogP contribution >= 0.6 is 12.4 Å². The first-order valence-corrected chi connectivity index (χ1v) is 6.79. The van der Waals surface area contributed by atoms with Gasteiger partial charge in [-0.1, -0.05) is 49.4 Å². The summed E-state index contributed by atoms with van der Waals surface area (Å²) in [6.07, 6.45) is 1.79. The molecule has 0 saturated heterocycles. The SMILES string of the molecule is CCC(N)Cc1ccc(-c2ccccc2C(=O)O)cc1.Cl. The molecule has 0 heterocycles. The molecule has 0 aliphatic rings. The Bertz CT molecular complexity index is 596. The first-order chi connectivity index (χ1) is 9.61. The normalized spacial score (nSPS) is 11.5. The number of carboxylic acids is 1. The largest absolute Gasteiger partial charge is 0.478 e. The minimum atomic E-state index is -0.905. The van der Waals surface area contributed by atoms with Crippen molar-refractivity contribution in [1.82, 2.24) is 0 Å². The van der Waals surface area contributed by atoms with Crippen LogP contribution < -0.4 is 5.73 Å². The molecule has 21 heavy (non-hydrogen) atoms. The number of hydrogen-bond donors (Lipinski definition) is 2. The van der Waals surface area contributed by atoms with Crippen molar-refractivity contribution in [3.05, 3.63) is 59.7 Å². The Balaban J connectivity index is 0.00000220. The van der Waals surface area contributed by atoms with E-state index in [1.165, 1.54) is 5.56 Å². The van der Waals surface area contributed by atoms with Gasteiger partial charge in [0.2, 0.25) is 0 Å². The maximum absolute atomic E-state index is 11.2. The number of carboxylic acid groups (broad SMARTS) is 1. The second-order valence-corrected chi connectivity index (χ2v) is 4.92. The number of halogens is 1. The molecule has 0 fully saturated rings. The van der Waals surface area contributed by atoms with Crippen molar-refractivity contribution in [3.8, 4) is 11.1 Å². The molecule has 0 spiro atoms. The molecule has 2 aromatic rings. The zero-order valence-electron chi connectivity index (χ0n) is 12.0. The van der Waals surface area contributed by atoms with Crippen molar-refractivity contribution in [3.63, 3.8) is 0 Å². The zero-order chi connectivity index (χ0) is 14.5. The average Bonchev–Trinajstić information content (AvgIpc) is 2.48. The van der Waals surface area contributed by atoms with Crippen LogP contribution in [0.1, 0.15) is 29.3 Å². The fraction of sp³-hybridized carbons (Fsp3) is 0.235. The Morgan fingerprint density at radius 3 is 2.33 bits per heavy atom. The molecular formula is C17H20ClNO2. The van der Waals surface area contributed by atoms with Crippen molar-refractivity contribution in [2.24, 2.45) is 5.73 Å². The fourth-order valence-electron chi connectivity index (χ4n) is 2.19. The van der Waals surface area contributed by atoms with Crippen molar-refractivity contribution in [2.45, 2.75) is 25.8 Å². The highest BCUT2D eigenvalue weighted by molar-refractivity contribution is 5.95. The summed E-state index contributed by atoms with van der Waals surface area (Å²) in [5.41, 5.74) is 9.10. The summed E-state index contributed by atoms with van der Waals surface area (Å²) < 4.78 is 0. The number of hydrogen-bond acceptors (Lipinski definition) is 2. The Hall–Kier alpha value is -1.84. The lowest BCUT2D eigenvalue weighted by Crippen LogP contribution is -2.21. The minimum absolute atomic E-state index is 0. The summed E-state index contributed by atoms with van der Waals surface area (Å²) >= 11 is 0. The Kier molecular flexibility index (Phi) is 6.40. The summed E-state index contributed by atoms with van der Waals surface area (Å²) in [5.74, 6) is -0.905. The molecule has 2 aromatic carbocycles. The lowest BCUT2D eigenvalue weighted by molar-refractivity contribution is 0.0697. The van der Waals surface area contributed by atoms with Gasteiger partial charge in [-0.05, 0) is 35.6 Å². The van der Waals surface area contributed by atoms with Gasteiger partial charge in [-0.3, -0.25) is 0 Å². The molecule has 0 radical (unpaired) electrons. The van der Waals surface area contributed by atoms with Crippen LogP contribution in [0.3, 0.4) is 0 Å². The molecule has 4 heteroatoms. The molecule has 0 aliphatic heterocycles. The molecule has 0 bridgehead atoms. The summed E-state index contributed by atoms with van der Waals surface area (Å²) in [6.45, 7) is 2.07. The van der Waals surface area contributed by atoms with Crippen LogP contribution in [0.5, 0.6) is 0 Å². The smallest absolute Gasteiger partial charge is 0.336 e. The number of aromatic carboxylic acids is 1. The second-order valence-electron chi connectivity index (χ2n) is 4.92. The van der Waals surface area contributed by atoms with Gasteiger partial charge >= 0.3 is 5.97 Å². The van der Waals surface area contributed by atoms with Crippen LogP contribution in [-0.4, -0.2) is 17.1 Å². The van der Waals surface area contributed by atoms with Gasteiger partial charge < -0.3 is 10.8 Å². The quantitative estimate of drug-likeness (QED) is 0.884. The summed E-state index contributed by atoms with van der Waals surface area (Å²) in [5, 5.41) is 9.22. The van der Waals surface area contributed by atoms with Gasteiger partial charge in [-0.2, -0.15) is 0 Å². The first-order valence-electron chi connectivity index (χ1n) is 6.79. The number of nitrogens with two attached hydrogens (primary N) is 1. The molecule has 0 amide bonds. The monoisotopic (exact) mass is 305 g/mol. The molecule has 0 saturated carbocycles. The molecule has 0 aromatic heterocycles. The van der Waals surface area contributed by atoms with Crippen LogP contribution in [0, 0.1) is 0 Å². The molecule has 1 unspecified atom stereocenters. The van der Waals surface area contributed by atoms with E-state index in [0.29, 0.717) is 5.56 Å². The van der Waals surface area contributed by atoms with Gasteiger partial charge in [0.05, 0.1) is 5.56 Å². The van der Waals surface area contributed by atoms with Gasteiger partial charge in [0.1, 0.15) is 0 Å². The lowest BCUT2D eigenvalue weighted by atomic mass is 9.97. The predicted molar refractivity (Wildman–Crippen MR) is 88.1 cm³/mol. The van der Waals surface area contributed by atoms with Crippen LogP contribution in [0.15, 0.2) is 48.5 Å². The van der Waals surface area contributed by atoms with Crippen LogP contribution in [-0.2, 0) is 6.42 Å². The van der Waals surface area contributed by atoms with E-state index in [1.807, 2.05) is 36.4 Å². The molecular weight excluding hydrogens is 286 g/mol. The second kappa shape index (κ2) is 7.81. The number of rotatable bonds is 5. The highest BCUT2D eigenvalue weighted by Crippen LogP contribution is 2.24. The summed E-state index contributed by atoms with van der Waals surface area (Å²) in [6, 6.07) is 15.2. The van der Waals surface area contributed by atoms with E-state index < -0.39 is 5.97 Å². The first kappa shape index (κ1) is 17.2. The van der Waals surface area contributed by atoms with E-state index in [4.69, 9.17) is 5.73 Å². The van der Waals surface area contributed by atoms with E-state index in [-0.39, 0.29) is 18.4 Å². The van der Waals surface area contributed by atoms with Crippen LogP contribution in [0.4, 0.5) is 0 Å². The predicted octanol–water partition coefficient (Wildman–Crippen LogP) is 3.75. The molecule has 3 nitrogen and oxygen atoms in total. The third kappa shape index (κ3) is 4.31. The van der Waals surface area contributed by atoms with E-state index in [1.54, 1.807) is 12.1 Å². The average molecular weight is 306 g/mol. The summed E-state index contributed by atoms with van der Waals surface area (Å²) in [4.78, 5) is 11.2. The Morgan fingerprint density at radius 1 is 1.14 bits per heavy atom. The molecule has 0 aliphatic carbocycles. The molecule has 2 rings (SSSR count). The summed E-state index contributed by atoms with van der Waals surface area (Å²) in [7, 11) is 0. The zero-order valence-corrected chi connectivity index (χ0v) is 12.8. The fourth-order valence-corrected chi connectivity index (χ4v) is 2.19. The van der Waals surface area contributed by atoms with Gasteiger partial charge in [-0.15, -0.1) is 12.4 Å². The standard InChI is InChI=1S/C17H19NO2.ClH/c1-2-14(18)11-12-7-9-13(10-8-12)15-5-3-4-6-16(15)17(19)20;/h3-10,14H,2,11,18H2,1H3,(H,19,20);1H. The number of benzene rings is 2. The van der Waals surface area contributed by atoms with E-state index in [9.17, 15) is 9.90 Å². The van der Waals surface area contributed by atoms with Crippen molar-refractivity contribution in [2.75, 3.05) is 0 Å². The van der Waals surface area contributed by atoms with Gasteiger partial charge in [-0.25, -0.2) is 4.79 Å². The van der Waals surface area contributed by atoms with E-state index in [2.05, 4.69) is 6.92 Å². The van der Waals surface area contributed by atoms with Gasteiger partial charge in [0.15, 0.2) is 0 Å². The number of carbonyl (C=O) groups is 1. The highest BCUT2D eigenvalue weighted by atomic mass is 35.5. The minimum Gasteiger partial charge on any atom is -0.478 e. The topological polar surface area (TPSA) is 63.3 Å². The maximum Gasteiger partial charge on any atom is 0.336 e.